The fourth-order valence-corrected chi connectivity index (χ4v) is 10.3. The smallest absolute Gasteiger partial charge is 0.122 e. The van der Waals surface area contributed by atoms with Gasteiger partial charge in [-0.3, -0.25) is 0 Å². The van der Waals surface area contributed by atoms with Gasteiger partial charge in [-0.25, -0.2) is 12.1 Å². The fraction of sp³-hybridized carbons (Fsp3) is 0.353. The minimum atomic E-state index is -0.502. The number of nitrogens with zero attached hydrogens (tertiary/aromatic N) is 1. The van der Waals surface area contributed by atoms with Gasteiger partial charge in [0, 0.05) is 23.1 Å². The number of hydrogen-bond acceptors (Lipinski definition) is 3. The van der Waals surface area contributed by atoms with E-state index in [1.165, 1.54) is 29.0 Å². The van der Waals surface area contributed by atoms with Gasteiger partial charge in [0.1, 0.15) is 11.5 Å². The Labute approximate surface area is 256 Å². The Hall–Kier alpha value is -1.92. The predicted molar refractivity (Wildman–Crippen MR) is 174 cm³/mol. The first-order valence-corrected chi connectivity index (χ1v) is 17.2. The van der Waals surface area contributed by atoms with Gasteiger partial charge in [0.05, 0.1) is 14.2 Å². The van der Waals surface area contributed by atoms with Gasteiger partial charge in [0.2, 0.25) is 0 Å². The van der Waals surface area contributed by atoms with E-state index in [0.29, 0.717) is 6.04 Å². The third-order valence-electron chi connectivity index (χ3n) is 7.24. The molecule has 0 amide bonds. The molecule has 0 radical (unpaired) electrons. The van der Waals surface area contributed by atoms with Crippen LogP contribution < -0.4 is 20.1 Å². The molecule has 6 heteroatoms. The summed E-state index contributed by atoms with van der Waals surface area (Å²) in [6.45, 7) is 7.06. The van der Waals surface area contributed by atoms with Crippen molar-refractivity contribution in [1.29, 1.82) is 0 Å². The van der Waals surface area contributed by atoms with Gasteiger partial charge in [0.15, 0.2) is 0 Å². The second-order valence-electron chi connectivity index (χ2n) is 9.78. The molecule has 0 aliphatic rings. The molecule has 1 unspecified atom stereocenters. The molecule has 0 N–H and O–H groups in total. The number of methoxy groups -OCH3 is 2. The van der Waals surface area contributed by atoms with E-state index >= 15 is 0 Å². The largest absolute Gasteiger partial charge is 0.748 e. The summed E-state index contributed by atoms with van der Waals surface area (Å²) in [5.41, 5.74) is 4.10. The summed E-state index contributed by atoms with van der Waals surface area (Å²) in [5.74, 6) is 1.97. The fourth-order valence-electron chi connectivity index (χ4n) is 4.85. The Morgan fingerprint density at radius 3 is 1.60 bits per heavy atom. The van der Waals surface area contributed by atoms with Gasteiger partial charge >= 0.3 is 0 Å². The summed E-state index contributed by atoms with van der Waals surface area (Å²) in [7, 11) is 7.24. The molecule has 0 saturated carbocycles. The summed E-state index contributed by atoms with van der Waals surface area (Å²) in [5, 5.41) is 3.22. The van der Waals surface area contributed by atoms with Crippen molar-refractivity contribution in [1.82, 2.24) is 4.90 Å². The van der Waals surface area contributed by atoms with E-state index in [1.54, 1.807) is 24.8 Å². The molecule has 3 nitrogen and oxygen atoms in total. The van der Waals surface area contributed by atoms with Crippen LogP contribution in [0, 0.1) is 0 Å². The summed E-state index contributed by atoms with van der Waals surface area (Å²) >= 11 is 0. The van der Waals surface area contributed by atoms with Crippen molar-refractivity contribution in [3.63, 3.8) is 0 Å². The SMILES string of the molecule is CCP(CC)[c-]1c(C(C)N(C)C)ccc1P(Cc1ccccc1OC)Cc1ccccc1OC.[Fe].[cH-]1[cH-][cH-][cH-][cH-]1. The number of hydrogen-bond donors (Lipinski definition) is 0. The van der Waals surface area contributed by atoms with Crippen molar-refractivity contribution >= 4 is 26.5 Å². The predicted octanol–water partition coefficient (Wildman–Crippen LogP) is 8.10. The van der Waals surface area contributed by atoms with E-state index in [9.17, 15) is 0 Å². The molecule has 0 aliphatic heterocycles. The molecule has 4 rings (SSSR count). The number of ether oxygens (including phenoxy) is 2. The molecule has 4 aromatic rings. The zero-order valence-corrected chi connectivity index (χ0v) is 28.0. The van der Waals surface area contributed by atoms with Gasteiger partial charge in [-0.15, -0.1) is 24.1 Å². The molecule has 0 aliphatic carbocycles. The third-order valence-corrected chi connectivity index (χ3v) is 12.6. The quantitative estimate of drug-likeness (QED) is 0.0912. The zero-order valence-electron chi connectivity index (χ0n) is 25.1. The summed E-state index contributed by atoms with van der Waals surface area (Å²) < 4.78 is 11.5. The van der Waals surface area contributed by atoms with Crippen LogP contribution in [0.3, 0.4) is 0 Å². The van der Waals surface area contributed by atoms with Crippen LogP contribution in [0.2, 0.25) is 0 Å². The normalized spacial score (nSPS) is 11.7. The van der Waals surface area contributed by atoms with Crippen LogP contribution in [-0.4, -0.2) is 45.5 Å². The Bertz CT molecular complexity index is 1170. The minimum absolute atomic E-state index is 0. The molecule has 0 heterocycles. The zero-order chi connectivity index (χ0) is 28.2. The van der Waals surface area contributed by atoms with Gasteiger partial charge in [-0.2, -0.15) is 0 Å². The van der Waals surface area contributed by atoms with Crippen molar-refractivity contribution in [3.8, 4) is 11.5 Å². The monoisotopic (exact) mass is 617 g/mol. The van der Waals surface area contributed by atoms with E-state index < -0.39 is 7.92 Å². The number of para-hydroxylation sites is 2. The van der Waals surface area contributed by atoms with Crippen LogP contribution >= 0.6 is 15.8 Å². The Morgan fingerprint density at radius 1 is 0.750 bits per heavy atom. The average Bonchev–Trinajstić information content (AvgIpc) is 3.68. The maximum atomic E-state index is 5.76. The van der Waals surface area contributed by atoms with E-state index in [4.69, 9.17) is 9.47 Å². The Morgan fingerprint density at radius 2 is 1.20 bits per heavy atom. The maximum Gasteiger partial charge on any atom is 0.122 e. The second kappa shape index (κ2) is 17.8. The molecular weight excluding hydrogens is 572 g/mol. The first kappa shape index (κ1) is 34.3. The van der Waals surface area contributed by atoms with Crippen LogP contribution in [-0.2, 0) is 29.4 Å². The van der Waals surface area contributed by atoms with Crippen LogP contribution in [0.25, 0.3) is 0 Å². The second-order valence-corrected chi connectivity index (χ2v) is 14.8. The average molecular weight is 618 g/mol. The van der Waals surface area contributed by atoms with Crippen molar-refractivity contribution in [3.05, 3.63) is 108 Å². The molecule has 0 saturated heterocycles. The molecule has 40 heavy (non-hydrogen) atoms. The molecule has 0 bridgehead atoms. The topological polar surface area (TPSA) is 21.7 Å². The van der Waals surface area contributed by atoms with Crippen molar-refractivity contribution < 1.29 is 26.5 Å². The number of benzene rings is 2. The summed E-state index contributed by atoms with van der Waals surface area (Å²) in [4.78, 5) is 2.34. The van der Waals surface area contributed by atoms with Crippen molar-refractivity contribution in [2.24, 2.45) is 0 Å². The first-order valence-electron chi connectivity index (χ1n) is 13.8. The third kappa shape index (κ3) is 9.04. The van der Waals surface area contributed by atoms with Crippen LogP contribution in [0.1, 0.15) is 43.5 Å². The Kier molecular flexibility index (Phi) is 15.3. The number of rotatable bonds is 12. The molecular formula is C34H45FeNO2P2-6. The van der Waals surface area contributed by atoms with Crippen molar-refractivity contribution in [2.75, 3.05) is 40.6 Å². The molecule has 4 aromatic carbocycles. The van der Waals surface area contributed by atoms with E-state index in [-0.39, 0.29) is 25.0 Å². The molecule has 1 atom stereocenters. The van der Waals surface area contributed by atoms with Gasteiger partial charge in [-0.1, -0.05) is 58.2 Å². The molecule has 0 fully saturated rings. The van der Waals surface area contributed by atoms with Crippen LogP contribution in [0.4, 0.5) is 0 Å². The maximum absolute atomic E-state index is 5.76. The molecule has 0 spiro atoms. The summed E-state index contributed by atoms with van der Waals surface area (Å²) in [6.07, 6.45) is 4.45. The van der Waals surface area contributed by atoms with E-state index in [1.807, 2.05) is 30.3 Å². The van der Waals surface area contributed by atoms with Crippen LogP contribution in [0.15, 0.2) is 91.0 Å². The van der Waals surface area contributed by atoms with Gasteiger partial charge < -0.3 is 44.7 Å². The Balaban J connectivity index is 0.000000840. The van der Waals surface area contributed by atoms with Gasteiger partial charge in [-0.05, 0) is 68.9 Å². The van der Waals surface area contributed by atoms with Gasteiger partial charge in [0.25, 0.3) is 0 Å². The first-order chi connectivity index (χ1) is 18.9. The molecule has 0 aromatic heterocycles. The standard InChI is InChI=1S/C29H40NO2P2.C5H5.Fe/c1-8-33(9-2)29-25(22(3)30(4)5)18-19-28(29)34(20-23-14-10-12-16-26(23)31-6)21-24-15-11-13-17-27(24)32-7;1-2-4-5-3-1;/h10-19,22H,8-9,20-21H2,1-7H3;1-5H;/q-1;-5;. The van der Waals surface area contributed by atoms with Crippen LogP contribution in [0.5, 0.6) is 11.5 Å². The molecule has 222 valence electrons. The van der Waals surface area contributed by atoms with E-state index in [2.05, 4.69) is 100 Å². The van der Waals surface area contributed by atoms with Crippen molar-refractivity contribution in [2.45, 2.75) is 39.1 Å². The minimum Gasteiger partial charge on any atom is -0.748 e. The van der Waals surface area contributed by atoms with E-state index in [0.717, 1.165) is 23.8 Å². The summed E-state index contributed by atoms with van der Waals surface area (Å²) in [6, 6.07) is 32.3.